The molecule has 0 saturated carbocycles. The van der Waals surface area contributed by atoms with Crippen LogP contribution in [0.3, 0.4) is 0 Å². The molecule has 8 heteroatoms. The minimum absolute atomic E-state index is 0.122. The molecule has 3 rings (SSSR count). The predicted molar refractivity (Wildman–Crippen MR) is 118 cm³/mol. The molecule has 0 fully saturated rings. The molecule has 0 aliphatic rings. The number of aliphatic carboxylic acids is 1. The number of halogens is 1. The van der Waals surface area contributed by atoms with Crippen LogP contribution in [0.25, 0.3) is 17.5 Å². The molecule has 0 unspecified atom stereocenters. The number of rotatable bonds is 8. The van der Waals surface area contributed by atoms with Crippen molar-refractivity contribution in [3.05, 3.63) is 64.0 Å². The summed E-state index contributed by atoms with van der Waals surface area (Å²) in [6.07, 6.45) is 6.75. The van der Waals surface area contributed by atoms with Gasteiger partial charge >= 0.3 is 5.97 Å². The number of thioether (sulfide) groups is 1. The summed E-state index contributed by atoms with van der Waals surface area (Å²) < 4.78 is 7.20. The number of carboxylic acids is 1. The van der Waals surface area contributed by atoms with Crippen LogP contribution in [0.5, 0.6) is 5.75 Å². The first-order valence-electron chi connectivity index (χ1n) is 9.00. The summed E-state index contributed by atoms with van der Waals surface area (Å²) in [6.45, 7) is 2.71. The van der Waals surface area contributed by atoms with Crippen molar-refractivity contribution < 1.29 is 14.6 Å². The first kappa shape index (κ1) is 21.5. The van der Waals surface area contributed by atoms with Gasteiger partial charge in [-0.2, -0.15) is 0 Å². The van der Waals surface area contributed by atoms with Crippen LogP contribution in [0.1, 0.15) is 12.5 Å². The van der Waals surface area contributed by atoms with Gasteiger partial charge in [0.15, 0.2) is 11.0 Å². The van der Waals surface area contributed by atoms with Crippen molar-refractivity contribution in [3.8, 4) is 29.5 Å². The molecule has 1 heterocycles. The Balaban J connectivity index is 1.86. The summed E-state index contributed by atoms with van der Waals surface area (Å²) in [5.74, 6) is 2.61. The summed E-state index contributed by atoms with van der Waals surface area (Å²) in [7, 11) is 0. The molecule has 0 radical (unpaired) electrons. The van der Waals surface area contributed by atoms with Gasteiger partial charge in [-0.3, -0.25) is 0 Å². The average molecular weight is 440 g/mol. The molecule has 0 amide bonds. The van der Waals surface area contributed by atoms with Crippen molar-refractivity contribution in [3.63, 3.8) is 0 Å². The Labute approximate surface area is 183 Å². The monoisotopic (exact) mass is 439 g/mol. The van der Waals surface area contributed by atoms with Gasteiger partial charge in [0.05, 0.1) is 0 Å². The molecule has 2 aromatic carbocycles. The minimum Gasteiger partial charge on any atom is -0.481 e. The Morgan fingerprint density at radius 3 is 2.53 bits per heavy atom. The third-order valence-electron chi connectivity index (χ3n) is 4.05. The van der Waals surface area contributed by atoms with Gasteiger partial charge in [0.1, 0.15) is 17.3 Å². The summed E-state index contributed by atoms with van der Waals surface area (Å²) in [5.41, 5.74) is 1.57. The van der Waals surface area contributed by atoms with E-state index >= 15 is 0 Å². The van der Waals surface area contributed by atoms with Crippen LogP contribution in [0, 0.1) is 12.3 Å². The van der Waals surface area contributed by atoms with Crippen LogP contribution in [0.2, 0.25) is 5.02 Å². The Hall–Kier alpha value is -3.21. The van der Waals surface area contributed by atoms with Gasteiger partial charge in [-0.25, -0.2) is 4.79 Å². The van der Waals surface area contributed by atoms with Crippen LogP contribution in [-0.2, 0) is 11.3 Å². The van der Waals surface area contributed by atoms with E-state index < -0.39 is 5.97 Å². The van der Waals surface area contributed by atoms with Gasteiger partial charge in [0, 0.05) is 17.1 Å². The Kier molecular flexibility index (Phi) is 7.17. The van der Waals surface area contributed by atoms with Crippen LogP contribution < -0.4 is 4.74 Å². The van der Waals surface area contributed by atoms with Gasteiger partial charge in [0.25, 0.3) is 0 Å². The molecule has 0 aliphatic heterocycles. The maximum absolute atomic E-state index is 11.8. The van der Waals surface area contributed by atoms with Gasteiger partial charge in [-0.05, 0) is 66.7 Å². The van der Waals surface area contributed by atoms with E-state index in [1.807, 2.05) is 23.6 Å². The van der Waals surface area contributed by atoms with E-state index in [-0.39, 0.29) is 11.5 Å². The van der Waals surface area contributed by atoms with Crippen molar-refractivity contribution in [2.45, 2.75) is 18.6 Å². The van der Waals surface area contributed by atoms with Gasteiger partial charge in [-0.1, -0.05) is 29.7 Å². The number of aromatic nitrogens is 3. The molecule has 30 heavy (non-hydrogen) atoms. The number of carboxylic acid groups (broad SMARTS) is 1. The summed E-state index contributed by atoms with van der Waals surface area (Å²) in [6, 6.07) is 14.3. The Bertz CT molecular complexity index is 1100. The zero-order chi connectivity index (χ0) is 21.5. The standard InChI is InChI=1S/C22H18ClN3O3S/c1-3-13-29-18-11-5-15(6-12-18)14-19(21(27)28)30-22-25-24-20(26(22)4-2)16-7-9-17(23)10-8-16/h1,5-12,14H,4,13H2,2H3,(H,27,28)/b19-14-. The summed E-state index contributed by atoms with van der Waals surface area (Å²) >= 11 is 7.00. The van der Waals surface area contributed by atoms with Crippen molar-refractivity contribution in [2.24, 2.45) is 0 Å². The van der Waals surface area contributed by atoms with Crippen LogP contribution >= 0.6 is 23.4 Å². The normalized spacial score (nSPS) is 11.2. The Morgan fingerprint density at radius 2 is 1.93 bits per heavy atom. The van der Waals surface area contributed by atoms with E-state index in [0.717, 1.165) is 17.3 Å². The lowest BCUT2D eigenvalue weighted by atomic mass is 10.2. The molecular weight excluding hydrogens is 422 g/mol. The lowest BCUT2D eigenvalue weighted by molar-refractivity contribution is -0.131. The fraction of sp³-hybridized carbons (Fsp3) is 0.136. The molecule has 1 N–H and O–H groups in total. The number of terminal acetylenes is 1. The molecule has 3 aromatic rings. The van der Waals surface area contributed by atoms with Gasteiger partial charge < -0.3 is 14.4 Å². The number of nitrogens with zero attached hydrogens (tertiary/aromatic N) is 3. The van der Waals surface area contributed by atoms with E-state index in [0.29, 0.717) is 33.9 Å². The SMILES string of the molecule is C#CCOc1ccc(/C=C(\Sc2nnc(-c3ccc(Cl)cc3)n2CC)C(=O)O)cc1. The van der Waals surface area contributed by atoms with Crippen LogP contribution in [0.4, 0.5) is 0 Å². The fourth-order valence-electron chi connectivity index (χ4n) is 2.63. The molecule has 1 aromatic heterocycles. The molecule has 0 aliphatic carbocycles. The quantitative estimate of drug-likeness (QED) is 0.307. The largest absolute Gasteiger partial charge is 0.481 e. The third-order valence-corrected chi connectivity index (χ3v) is 5.30. The van der Waals surface area contributed by atoms with Crippen molar-refractivity contribution in [1.82, 2.24) is 14.8 Å². The van der Waals surface area contributed by atoms with Gasteiger partial charge in [-0.15, -0.1) is 16.6 Å². The number of hydrogen-bond acceptors (Lipinski definition) is 5. The van der Waals surface area contributed by atoms with Crippen molar-refractivity contribution >= 4 is 35.4 Å². The molecule has 0 bridgehead atoms. The average Bonchev–Trinajstić information content (AvgIpc) is 3.15. The predicted octanol–water partition coefficient (Wildman–Crippen LogP) is 4.85. The summed E-state index contributed by atoms with van der Waals surface area (Å²) in [4.78, 5) is 11.9. The third kappa shape index (κ3) is 5.23. The van der Waals surface area contributed by atoms with E-state index in [2.05, 4.69) is 16.1 Å². The molecule has 0 atom stereocenters. The zero-order valence-electron chi connectivity index (χ0n) is 16.1. The van der Waals surface area contributed by atoms with Crippen LogP contribution in [-0.4, -0.2) is 32.4 Å². The first-order valence-corrected chi connectivity index (χ1v) is 10.2. The second-order valence-corrected chi connectivity index (χ2v) is 7.48. The molecule has 6 nitrogen and oxygen atoms in total. The smallest absolute Gasteiger partial charge is 0.342 e. The molecule has 152 valence electrons. The zero-order valence-corrected chi connectivity index (χ0v) is 17.7. The maximum atomic E-state index is 11.8. The molecule has 0 saturated heterocycles. The van der Waals surface area contributed by atoms with E-state index in [4.69, 9.17) is 22.8 Å². The second kappa shape index (κ2) is 10.0. The van der Waals surface area contributed by atoms with Gasteiger partial charge in [0.2, 0.25) is 0 Å². The highest BCUT2D eigenvalue weighted by molar-refractivity contribution is 8.04. The first-order chi connectivity index (χ1) is 14.5. The number of carbonyl (C=O) groups is 1. The second-order valence-electron chi connectivity index (χ2n) is 6.03. The van der Waals surface area contributed by atoms with E-state index in [1.54, 1.807) is 42.5 Å². The van der Waals surface area contributed by atoms with Crippen molar-refractivity contribution in [2.75, 3.05) is 6.61 Å². The topological polar surface area (TPSA) is 77.2 Å². The maximum Gasteiger partial charge on any atom is 0.342 e. The summed E-state index contributed by atoms with van der Waals surface area (Å²) in [5, 5.41) is 19.2. The fourth-order valence-corrected chi connectivity index (χ4v) is 3.64. The lowest BCUT2D eigenvalue weighted by Crippen LogP contribution is -2.02. The highest BCUT2D eigenvalue weighted by atomic mass is 35.5. The van der Waals surface area contributed by atoms with E-state index in [1.165, 1.54) is 0 Å². The van der Waals surface area contributed by atoms with E-state index in [9.17, 15) is 9.90 Å². The Morgan fingerprint density at radius 1 is 1.23 bits per heavy atom. The number of ether oxygens (including phenoxy) is 1. The highest BCUT2D eigenvalue weighted by Gasteiger charge is 2.18. The molecular formula is C22H18ClN3O3S. The van der Waals surface area contributed by atoms with Crippen LogP contribution in [0.15, 0.2) is 58.6 Å². The highest BCUT2D eigenvalue weighted by Crippen LogP contribution is 2.31. The number of hydrogen-bond donors (Lipinski definition) is 1. The number of benzene rings is 2. The lowest BCUT2D eigenvalue weighted by Gasteiger charge is -2.08. The van der Waals surface area contributed by atoms with Crippen molar-refractivity contribution in [1.29, 1.82) is 0 Å². The minimum atomic E-state index is -1.05. The molecule has 0 spiro atoms.